The van der Waals surface area contributed by atoms with Gasteiger partial charge >= 0.3 is 0 Å². The third-order valence-corrected chi connectivity index (χ3v) is 2.37. The molecule has 0 unspecified atom stereocenters. The van der Waals surface area contributed by atoms with Gasteiger partial charge in [0.05, 0.1) is 0 Å². The average Bonchev–Trinajstić information content (AvgIpc) is 2.29. The van der Waals surface area contributed by atoms with Gasteiger partial charge in [-0.2, -0.15) is 4.98 Å². The summed E-state index contributed by atoms with van der Waals surface area (Å²) in [6.45, 7) is 0. The van der Waals surface area contributed by atoms with Crippen LogP contribution in [0.5, 0.6) is 11.6 Å². The van der Waals surface area contributed by atoms with Crippen LogP contribution >= 0.6 is 11.8 Å². The Balaban J connectivity index is 2.20. The molecule has 0 atom stereocenters. The van der Waals surface area contributed by atoms with Gasteiger partial charge in [-0.3, -0.25) is 0 Å². The highest BCUT2D eigenvalue weighted by Gasteiger charge is 2.01. The van der Waals surface area contributed by atoms with E-state index >= 15 is 0 Å². The Bertz CT molecular complexity index is 493. The third-order valence-electron chi connectivity index (χ3n) is 1.81. The van der Waals surface area contributed by atoms with E-state index in [0.717, 1.165) is 0 Å². The quantitative estimate of drug-likeness (QED) is 0.605. The first-order chi connectivity index (χ1) is 7.78. The molecule has 0 saturated heterocycles. The van der Waals surface area contributed by atoms with Crippen molar-refractivity contribution in [3.8, 4) is 11.6 Å². The van der Waals surface area contributed by atoms with Gasteiger partial charge in [0.1, 0.15) is 11.6 Å². The average molecular weight is 236 g/mol. The van der Waals surface area contributed by atoms with Crippen LogP contribution in [0.4, 0.5) is 4.39 Å². The molecule has 0 N–H and O–H groups in total. The second kappa shape index (κ2) is 4.94. The lowest BCUT2D eigenvalue weighted by Gasteiger charge is -2.04. The summed E-state index contributed by atoms with van der Waals surface area (Å²) in [6, 6.07) is 7.55. The van der Waals surface area contributed by atoms with Crippen LogP contribution in [-0.4, -0.2) is 16.2 Å². The Hall–Kier alpha value is -1.62. The molecule has 0 aliphatic carbocycles. The summed E-state index contributed by atoms with van der Waals surface area (Å²) in [5.41, 5.74) is 0. The summed E-state index contributed by atoms with van der Waals surface area (Å²) < 4.78 is 18.3. The van der Waals surface area contributed by atoms with Crippen molar-refractivity contribution in [1.82, 2.24) is 9.97 Å². The summed E-state index contributed by atoms with van der Waals surface area (Å²) >= 11 is 1.42. The molecule has 0 amide bonds. The second-order valence-electron chi connectivity index (χ2n) is 2.94. The number of halogens is 1. The van der Waals surface area contributed by atoms with Gasteiger partial charge in [0.15, 0.2) is 5.16 Å². The first-order valence-electron chi connectivity index (χ1n) is 4.58. The molecular weight excluding hydrogens is 227 g/mol. The Labute approximate surface area is 96.7 Å². The third kappa shape index (κ3) is 2.70. The number of rotatable bonds is 3. The SMILES string of the molecule is CSc1nccc(Oc2cccc(F)c2)n1. The lowest BCUT2D eigenvalue weighted by Crippen LogP contribution is -1.91. The van der Waals surface area contributed by atoms with Gasteiger partial charge in [-0.05, 0) is 18.4 Å². The molecule has 82 valence electrons. The van der Waals surface area contributed by atoms with Crippen molar-refractivity contribution < 1.29 is 9.13 Å². The number of thioether (sulfide) groups is 1. The van der Waals surface area contributed by atoms with Gasteiger partial charge < -0.3 is 4.74 Å². The Kier molecular flexibility index (Phi) is 3.36. The van der Waals surface area contributed by atoms with Crippen molar-refractivity contribution in [1.29, 1.82) is 0 Å². The first kappa shape index (κ1) is 10.9. The molecule has 2 aromatic rings. The number of benzene rings is 1. The number of aromatic nitrogens is 2. The summed E-state index contributed by atoms with van der Waals surface area (Å²) in [7, 11) is 0. The van der Waals surface area contributed by atoms with Crippen LogP contribution in [0.1, 0.15) is 0 Å². The topological polar surface area (TPSA) is 35.0 Å². The maximum atomic E-state index is 12.9. The van der Waals surface area contributed by atoms with Crippen LogP contribution < -0.4 is 4.74 Å². The highest BCUT2D eigenvalue weighted by atomic mass is 32.2. The van der Waals surface area contributed by atoms with Crippen LogP contribution in [0.25, 0.3) is 0 Å². The van der Waals surface area contributed by atoms with E-state index < -0.39 is 0 Å². The lowest BCUT2D eigenvalue weighted by atomic mass is 10.3. The maximum absolute atomic E-state index is 12.9. The van der Waals surface area contributed by atoms with Crippen LogP contribution in [0, 0.1) is 5.82 Å². The minimum absolute atomic E-state index is 0.336. The van der Waals surface area contributed by atoms with Crippen LogP contribution in [0.3, 0.4) is 0 Å². The molecule has 1 aromatic carbocycles. The molecule has 3 nitrogen and oxygen atoms in total. The molecule has 0 spiro atoms. The standard InChI is InChI=1S/C11H9FN2OS/c1-16-11-13-6-5-10(14-11)15-9-4-2-3-8(12)7-9/h2-7H,1H3. The fourth-order valence-corrected chi connectivity index (χ4v) is 1.48. The second-order valence-corrected chi connectivity index (χ2v) is 3.71. The predicted molar refractivity (Wildman–Crippen MR) is 60.3 cm³/mol. The monoisotopic (exact) mass is 236 g/mol. The van der Waals surface area contributed by atoms with Crippen molar-refractivity contribution in [2.75, 3.05) is 6.26 Å². The largest absolute Gasteiger partial charge is 0.439 e. The molecule has 0 aliphatic rings. The van der Waals surface area contributed by atoms with Crippen LogP contribution in [0.2, 0.25) is 0 Å². The lowest BCUT2D eigenvalue weighted by molar-refractivity contribution is 0.451. The molecule has 16 heavy (non-hydrogen) atoms. The van der Waals surface area contributed by atoms with Gasteiger partial charge in [0.25, 0.3) is 0 Å². The van der Waals surface area contributed by atoms with E-state index in [4.69, 9.17) is 4.74 Å². The van der Waals surface area contributed by atoms with Gasteiger partial charge in [0, 0.05) is 18.3 Å². The number of ether oxygens (including phenoxy) is 1. The van der Waals surface area contributed by atoms with Gasteiger partial charge in [-0.15, -0.1) is 0 Å². The van der Waals surface area contributed by atoms with E-state index in [1.54, 1.807) is 24.4 Å². The first-order valence-corrected chi connectivity index (χ1v) is 5.81. The number of hydrogen-bond donors (Lipinski definition) is 0. The van der Waals surface area contributed by atoms with E-state index in [9.17, 15) is 4.39 Å². The minimum atomic E-state index is -0.336. The predicted octanol–water partition coefficient (Wildman–Crippen LogP) is 3.13. The molecule has 1 heterocycles. The fraction of sp³-hybridized carbons (Fsp3) is 0.0909. The zero-order valence-electron chi connectivity index (χ0n) is 8.55. The van der Waals surface area contributed by atoms with E-state index in [-0.39, 0.29) is 5.82 Å². The summed E-state index contributed by atoms with van der Waals surface area (Å²) in [5, 5.41) is 0.619. The summed E-state index contributed by atoms with van der Waals surface area (Å²) in [5.74, 6) is 0.493. The summed E-state index contributed by atoms with van der Waals surface area (Å²) in [4.78, 5) is 8.14. The van der Waals surface area contributed by atoms with Gasteiger partial charge in [-0.25, -0.2) is 9.37 Å². The van der Waals surface area contributed by atoms with E-state index in [1.807, 2.05) is 6.26 Å². The Morgan fingerprint density at radius 1 is 1.31 bits per heavy atom. The Morgan fingerprint density at radius 3 is 2.94 bits per heavy atom. The molecule has 5 heteroatoms. The maximum Gasteiger partial charge on any atom is 0.223 e. The van der Waals surface area contributed by atoms with Crippen molar-refractivity contribution >= 4 is 11.8 Å². The smallest absolute Gasteiger partial charge is 0.223 e. The zero-order valence-corrected chi connectivity index (χ0v) is 9.37. The highest BCUT2D eigenvalue weighted by molar-refractivity contribution is 7.98. The van der Waals surface area contributed by atoms with Gasteiger partial charge in [-0.1, -0.05) is 17.8 Å². The van der Waals surface area contributed by atoms with Crippen molar-refractivity contribution in [3.05, 3.63) is 42.3 Å². The van der Waals surface area contributed by atoms with E-state index in [2.05, 4.69) is 9.97 Å². The normalized spacial score (nSPS) is 10.1. The summed E-state index contributed by atoms with van der Waals surface area (Å²) in [6.07, 6.45) is 3.48. The van der Waals surface area contributed by atoms with E-state index in [0.29, 0.717) is 16.8 Å². The molecule has 0 saturated carbocycles. The van der Waals surface area contributed by atoms with Crippen molar-refractivity contribution in [3.63, 3.8) is 0 Å². The van der Waals surface area contributed by atoms with Crippen molar-refractivity contribution in [2.45, 2.75) is 5.16 Å². The molecule has 1 aromatic heterocycles. The molecular formula is C11H9FN2OS. The van der Waals surface area contributed by atoms with Crippen LogP contribution in [-0.2, 0) is 0 Å². The minimum Gasteiger partial charge on any atom is -0.439 e. The molecule has 0 fully saturated rings. The van der Waals surface area contributed by atoms with E-state index in [1.165, 1.54) is 23.9 Å². The van der Waals surface area contributed by atoms with Crippen molar-refractivity contribution in [2.24, 2.45) is 0 Å². The number of hydrogen-bond acceptors (Lipinski definition) is 4. The molecule has 0 radical (unpaired) electrons. The zero-order chi connectivity index (χ0) is 11.4. The number of nitrogens with zero attached hydrogens (tertiary/aromatic N) is 2. The van der Waals surface area contributed by atoms with Crippen LogP contribution in [0.15, 0.2) is 41.7 Å². The molecule has 2 rings (SSSR count). The van der Waals surface area contributed by atoms with Gasteiger partial charge in [0.2, 0.25) is 5.88 Å². The molecule has 0 aliphatic heterocycles. The molecule has 0 bridgehead atoms. The Morgan fingerprint density at radius 2 is 2.19 bits per heavy atom. The fourth-order valence-electron chi connectivity index (χ4n) is 1.13. The highest BCUT2D eigenvalue weighted by Crippen LogP contribution is 2.21.